The van der Waals surface area contributed by atoms with E-state index in [1.165, 1.54) is 21.3 Å². The van der Waals surface area contributed by atoms with Crippen molar-refractivity contribution >= 4 is 27.1 Å². The van der Waals surface area contributed by atoms with Crippen LogP contribution in [0.2, 0.25) is 0 Å². The van der Waals surface area contributed by atoms with E-state index in [2.05, 4.69) is 56.6 Å². The molecule has 0 aliphatic rings. The minimum Gasteiger partial charge on any atom is -0.382 e. The first kappa shape index (κ1) is 11.5. The van der Waals surface area contributed by atoms with Gasteiger partial charge in [-0.15, -0.1) is 11.3 Å². The smallest absolute Gasteiger partial charge is 0.0433 e. The average Bonchev–Trinajstić information content (AvgIpc) is 2.64. The molecule has 0 radical (unpaired) electrons. The highest BCUT2D eigenvalue weighted by molar-refractivity contribution is 7.17. The van der Waals surface area contributed by atoms with E-state index in [0.717, 1.165) is 0 Å². The molecule has 0 fully saturated rings. The fourth-order valence-corrected chi connectivity index (χ4v) is 2.72. The van der Waals surface area contributed by atoms with Crippen LogP contribution < -0.4 is 5.32 Å². The van der Waals surface area contributed by atoms with Gasteiger partial charge < -0.3 is 5.32 Å². The maximum Gasteiger partial charge on any atom is 0.0433 e. The molecular formula is C14H19NS. The molecule has 0 atom stereocenters. The molecule has 0 saturated heterocycles. The Labute approximate surface area is 101 Å². The van der Waals surface area contributed by atoms with Crippen molar-refractivity contribution in [3.05, 3.63) is 29.1 Å². The van der Waals surface area contributed by atoms with Crippen molar-refractivity contribution in [1.29, 1.82) is 0 Å². The number of anilines is 1. The molecule has 0 unspecified atom stereocenters. The average molecular weight is 233 g/mol. The van der Waals surface area contributed by atoms with Gasteiger partial charge >= 0.3 is 0 Å². The summed E-state index contributed by atoms with van der Waals surface area (Å²) in [6, 6.07) is 7.29. The number of thiophene rings is 1. The Morgan fingerprint density at radius 1 is 1.12 bits per heavy atom. The van der Waals surface area contributed by atoms with Crippen molar-refractivity contribution in [3.8, 4) is 0 Å². The van der Waals surface area contributed by atoms with E-state index in [1.54, 1.807) is 0 Å². The Balaban J connectivity index is 2.54. The van der Waals surface area contributed by atoms with Gasteiger partial charge in [-0.2, -0.15) is 0 Å². The van der Waals surface area contributed by atoms with E-state index < -0.39 is 0 Å². The van der Waals surface area contributed by atoms with Gasteiger partial charge in [0.05, 0.1) is 0 Å². The highest BCUT2D eigenvalue weighted by atomic mass is 32.1. The number of fused-ring (bicyclic) bond motifs is 1. The summed E-state index contributed by atoms with van der Waals surface area (Å²) < 4.78 is 1.38. The molecule has 0 saturated carbocycles. The third-order valence-corrected chi connectivity index (χ3v) is 3.57. The minimum absolute atomic E-state index is 0.477. The van der Waals surface area contributed by atoms with Gasteiger partial charge in [-0.05, 0) is 48.9 Å². The SMILES string of the molecule is CC(C)Nc1cc(C(C)C)cc2sccc12. The topological polar surface area (TPSA) is 12.0 Å². The summed E-state index contributed by atoms with van der Waals surface area (Å²) in [5.74, 6) is 0.583. The third kappa shape index (κ3) is 2.22. The second-order valence-electron chi connectivity index (χ2n) is 4.85. The molecule has 2 heteroatoms. The van der Waals surface area contributed by atoms with Crippen LogP contribution in [0.4, 0.5) is 5.69 Å². The zero-order chi connectivity index (χ0) is 11.7. The molecule has 1 aromatic heterocycles. The lowest BCUT2D eigenvalue weighted by molar-refractivity contribution is 0.864. The standard InChI is InChI=1S/C14H19NS/c1-9(2)11-7-13(15-10(3)4)12-5-6-16-14(12)8-11/h5-10,15H,1-4H3. The molecule has 0 amide bonds. The second kappa shape index (κ2) is 4.46. The molecule has 0 aliphatic heterocycles. The highest BCUT2D eigenvalue weighted by Gasteiger charge is 2.08. The lowest BCUT2D eigenvalue weighted by Gasteiger charge is -2.14. The van der Waals surface area contributed by atoms with Crippen LogP contribution in [-0.4, -0.2) is 6.04 Å². The Morgan fingerprint density at radius 3 is 2.50 bits per heavy atom. The van der Waals surface area contributed by atoms with E-state index in [9.17, 15) is 0 Å². The van der Waals surface area contributed by atoms with Crippen LogP contribution in [-0.2, 0) is 0 Å². The summed E-state index contributed by atoms with van der Waals surface area (Å²) in [6.45, 7) is 8.85. The molecule has 86 valence electrons. The van der Waals surface area contributed by atoms with E-state index in [1.807, 2.05) is 11.3 Å². The molecule has 16 heavy (non-hydrogen) atoms. The molecular weight excluding hydrogens is 214 g/mol. The van der Waals surface area contributed by atoms with Crippen LogP contribution >= 0.6 is 11.3 Å². The quantitative estimate of drug-likeness (QED) is 0.799. The van der Waals surface area contributed by atoms with Gasteiger partial charge in [0.1, 0.15) is 0 Å². The molecule has 0 spiro atoms. The summed E-state index contributed by atoms with van der Waals surface area (Å²) in [5, 5.41) is 7.05. The molecule has 0 bridgehead atoms. The molecule has 0 aliphatic carbocycles. The van der Waals surface area contributed by atoms with Crippen LogP contribution in [0.1, 0.15) is 39.2 Å². The van der Waals surface area contributed by atoms with E-state index >= 15 is 0 Å². The Kier molecular flexibility index (Phi) is 3.20. The summed E-state index contributed by atoms with van der Waals surface area (Å²) in [7, 11) is 0. The normalized spacial score (nSPS) is 11.6. The van der Waals surface area contributed by atoms with Crippen molar-refractivity contribution < 1.29 is 0 Å². The first-order valence-corrected chi connectivity index (χ1v) is 6.73. The first-order valence-electron chi connectivity index (χ1n) is 5.85. The molecule has 1 N–H and O–H groups in total. The number of rotatable bonds is 3. The van der Waals surface area contributed by atoms with Crippen molar-refractivity contribution in [1.82, 2.24) is 0 Å². The van der Waals surface area contributed by atoms with Gasteiger partial charge in [-0.25, -0.2) is 0 Å². The van der Waals surface area contributed by atoms with Gasteiger partial charge in [0.25, 0.3) is 0 Å². The van der Waals surface area contributed by atoms with Crippen LogP contribution in [0, 0.1) is 0 Å². The number of hydrogen-bond acceptors (Lipinski definition) is 2. The van der Waals surface area contributed by atoms with Crippen LogP contribution in [0.5, 0.6) is 0 Å². The van der Waals surface area contributed by atoms with Crippen LogP contribution in [0.3, 0.4) is 0 Å². The zero-order valence-electron chi connectivity index (χ0n) is 10.4. The van der Waals surface area contributed by atoms with Crippen LogP contribution in [0.25, 0.3) is 10.1 Å². The highest BCUT2D eigenvalue weighted by Crippen LogP contribution is 2.32. The third-order valence-electron chi connectivity index (χ3n) is 2.70. The number of nitrogens with one attached hydrogen (secondary N) is 1. The lowest BCUT2D eigenvalue weighted by atomic mass is 10.0. The Morgan fingerprint density at radius 2 is 1.88 bits per heavy atom. The lowest BCUT2D eigenvalue weighted by Crippen LogP contribution is -2.10. The van der Waals surface area contributed by atoms with Gasteiger partial charge in [0.15, 0.2) is 0 Å². The fourth-order valence-electron chi connectivity index (χ4n) is 1.86. The maximum atomic E-state index is 3.54. The second-order valence-corrected chi connectivity index (χ2v) is 5.80. The number of hydrogen-bond donors (Lipinski definition) is 1. The summed E-state index contributed by atoms with van der Waals surface area (Å²) in [4.78, 5) is 0. The van der Waals surface area contributed by atoms with Crippen molar-refractivity contribution in [2.75, 3.05) is 5.32 Å². The predicted octanol–water partition coefficient (Wildman–Crippen LogP) is 4.85. The molecule has 2 rings (SSSR count). The van der Waals surface area contributed by atoms with E-state index in [-0.39, 0.29) is 0 Å². The molecule has 2 aromatic rings. The largest absolute Gasteiger partial charge is 0.382 e. The fraction of sp³-hybridized carbons (Fsp3) is 0.429. The van der Waals surface area contributed by atoms with E-state index in [0.29, 0.717) is 12.0 Å². The van der Waals surface area contributed by atoms with Gasteiger partial charge in [-0.1, -0.05) is 13.8 Å². The number of benzene rings is 1. The zero-order valence-corrected chi connectivity index (χ0v) is 11.2. The summed E-state index contributed by atoms with van der Waals surface area (Å²) in [5.41, 5.74) is 2.69. The summed E-state index contributed by atoms with van der Waals surface area (Å²) in [6.07, 6.45) is 0. The van der Waals surface area contributed by atoms with Gasteiger partial charge in [0, 0.05) is 21.8 Å². The van der Waals surface area contributed by atoms with E-state index in [4.69, 9.17) is 0 Å². The van der Waals surface area contributed by atoms with Crippen molar-refractivity contribution in [2.45, 2.75) is 39.7 Å². The first-order chi connectivity index (χ1) is 7.58. The van der Waals surface area contributed by atoms with Gasteiger partial charge in [0.2, 0.25) is 0 Å². The molecule has 1 heterocycles. The summed E-state index contributed by atoms with van der Waals surface area (Å²) >= 11 is 1.82. The minimum atomic E-state index is 0.477. The Bertz CT molecular complexity index is 482. The molecule has 1 nitrogen and oxygen atoms in total. The van der Waals surface area contributed by atoms with Crippen molar-refractivity contribution in [2.24, 2.45) is 0 Å². The van der Waals surface area contributed by atoms with Crippen LogP contribution in [0.15, 0.2) is 23.6 Å². The monoisotopic (exact) mass is 233 g/mol. The molecule has 1 aromatic carbocycles. The van der Waals surface area contributed by atoms with Crippen molar-refractivity contribution in [3.63, 3.8) is 0 Å². The maximum absolute atomic E-state index is 3.54. The predicted molar refractivity (Wildman–Crippen MR) is 74.7 cm³/mol. The van der Waals surface area contributed by atoms with Gasteiger partial charge in [-0.3, -0.25) is 0 Å². The Hall–Kier alpha value is -1.02.